The first kappa shape index (κ1) is 23.6. The summed E-state index contributed by atoms with van der Waals surface area (Å²) >= 11 is 6.39. The lowest BCUT2D eigenvalue weighted by atomic mass is 10.0. The second kappa shape index (κ2) is 9.39. The summed E-state index contributed by atoms with van der Waals surface area (Å²) in [5.41, 5.74) is 0.824. The number of carbonyl (C=O) groups is 1. The first-order valence-electron chi connectivity index (χ1n) is 10.0. The highest BCUT2D eigenvalue weighted by molar-refractivity contribution is 6.32. The summed E-state index contributed by atoms with van der Waals surface area (Å²) in [7, 11) is 0. The van der Waals surface area contributed by atoms with E-state index in [9.17, 15) is 23.1 Å². The fourth-order valence-corrected chi connectivity index (χ4v) is 3.59. The van der Waals surface area contributed by atoms with Crippen molar-refractivity contribution in [3.63, 3.8) is 0 Å². The van der Waals surface area contributed by atoms with Crippen LogP contribution in [0.4, 0.5) is 23.8 Å². The fourth-order valence-electron chi connectivity index (χ4n) is 3.30. The van der Waals surface area contributed by atoms with Gasteiger partial charge in [0.1, 0.15) is 5.82 Å². The summed E-state index contributed by atoms with van der Waals surface area (Å²) in [6, 6.07) is 3.02. The Morgan fingerprint density at radius 3 is 2.62 bits per heavy atom. The van der Waals surface area contributed by atoms with Gasteiger partial charge in [0.05, 0.1) is 16.3 Å². The topological polar surface area (TPSA) is 117 Å². The van der Waals surface area contributed by atoms with Crippen LogP contribution >= 0.6 is 11.6 Å². The molecule has 0 aliphatic carbocycles. The number of alkyl halides is 3. The molecule has 34 heavy (non-hydrogen) atoms. The van der Waals surface area contributed by atoms with Crippen LogP contribution in [0.1, 0.15) is 41.1 Å². The number of nitrogens with zero attached hydrogens (tertiary/aromatic N) is 5. The van der Waals surface area contributed by atoms with E-state index >= 15 is 0 Å². The highest BCUT2D eigenvalue weighted by atomic mass is 35.5. The molecule has 0 saturated carbocycles. The Labute approximate surface area is 196 Å². The van der Waals surface area contributed by atoms with Crippen molar-refractivity contribution in [2.75, 3.05) is 18.4 Å². The van der Waals surface area contributed by atoms with Crippen LogP contribution in [0.2, 0.25) is 5.02 Å². The number of aliphatic hydroxyl groups is 1. The minimum absolute atomic E-state index is 0.0167. The van der Waals surface area contributed by atoms with Gasteiger partial charge < -0.3 is 14.4 Å². The van der Waals surface area contributed by atoms with Crippen molar-refractivity contribution in [2.24, 2.45) is 0 Å². The molecule has 1 aliphatic heterocycles. The summed E-state index contributed by atoms with van der Waals surface area (Å²) < 4.78 is 43.2. The Morgan fingerprint density at radius 2 is 2.06 bits per heavy atom. The normalized spacial score (nSPS) is 15.1. The molecule has 0 radical (unpaired) electrons. The molecule has 1 atom stereocenters. The van der Waals surface area contributed by atoms with Crippen LogP contribution in [0.3, 0.4) is 0 Å². The van der Waals surface area contributed by atoms with Crippen molar-refractivity contribution in [1.29, 1.82) is 0 Å². The van der Waals surface area contributed by atoms with E-state index in [2.05, 4.69) is 25.5 Å². The maximum absolute atomic E-state index is 12.6. The van der Waals surface area contributed by atoms with Gasteiger partial charge in [-0.1, -0.05) is 17.7 Å². The molecule has 178 valence electrons. The van der Waals surface area contributed by atoms with Crippen molar-refractivity contribution in [1.82, 2.24) is 25.1 Å². The van der Waals surface area contributed by atoms with Gasteiger partial charge in [-0.25, -0.2) is 9.78 Å². The summed E-state index contributed by atoms with van der Waals surface area (Å²) in [4.78, 5) is 21.9. The number of hydrogen-bond acceptors (Lipinski definition) is 7. The molecule has 0 spiro atoms. The van der Waals surface area contributed by atoms with Crippen molar-refractivity contribution in [2.45, 2.75) is 25.6 Å². The molecule has 3 aromatic rings. The van der Waals surface area contributed by atoms with Gasteiger partial charge in [0.2, 0.25) is 11.8 Å². The van der Waals surface area contributed by atoms with E-state index in [1.165, 1.54) is 11.1 Å². The van der Waals surface area contributed by atoms with Crippen LogP contribution in [0.25, 0.3) is 5.57 Å². The minimum atomic E-state index is -4.50. The summed E-state index contributed by atoms with van der Waals surface area (Å²) in [6.07, 6.45) is -1.31. The molecule has 3 aromatic heterocycles. The van der Waals surface area contributed by atoms with Crippen molar-refractivity contribution in [3.8, 4) is 0 Å². The number of aliphatic hydroxyl groups excluding tert-OH is 1. The van der Waals surface area contributed by atoms with Gasteiger partial charge in [0.15, 0.2) is 6.10 Å². The molecule has 0 saturated heterocycles. The first-order valence-corrected chi connectivity index (χ1v) is 10.4. The number of aromatic nitrogens is 4. The molecular weight excluding hydrogens is 477 g/mol. The van der Waals surface area contributed by atoms with E-state index in [0.29, 0.717) is 41.3 Å². The van der Waals surface area contributed by atoms with E-state index in [4.69, 9.17) is 16.0 Å². The zero-order valence-corrected chi connectivity index (χ0v) is 18.4. The first-order chi connectivity index (χ1) is 16.1. The number of rotatable bonds is 4. The van der Waals surface area contributed by atoms with Crippen molar-refractivity contribution < 1.29 is 27.5 Å². The molecule has 2 N–H and O–H groups in total. The predicted molar refractivity (Wildman–Crippen MR) is 115 cm³/mol. The van der Waals surface area contributed by atoms with E-state index in [-0.39, 0.29) is 18.3 Å². The number of halogens is 4. The van der Waals surface area contributed by atoms with Gasteiger partial charge in [-0.05, 0) is 30.2 Å². The van der Waals surface area contributed by atoms with Gasteiger partial charge in [0, 0.05) is 38.0 Å². The van der Waals surface area contributed by atoms with Gasteiger partial charge in [0.25, 0.3) is 0 Å². The van der Waals surface area contributed by atoms with Crippen LogP contribution in [-0.2, 0) is 6.18 Å². The molecule has 0 bridgehead atoms. The monoisotopic (exact) mass is 494 g/mol. The van der Waals surface area contributed by atoms with Crippen LogP contribution in [0, 0.1) is 6.92 Å². The van der Waals surface area contributed by atoms with Gasteiger partial charge in [-0.3, -0.25) is 10.3 Å². The molecule has 0 aromatic carbocycles. The molecule has 9 nitrogen and oxygen atoms in total. The SMILES string of the molecule is Cc1nnc(C(O)c2cnc(C3=CCN(C(=O)Nc4ccc(C(F)(F)F)cn4)CC3)c(Cl)c2)o1. The van der Waals surface area contributed by atoms with Crippen molar-refractivity contribution in [3.05, 3.63) is 70.3 Å². The van der Waals surface area contributed by atoms with E-state index in [1.54, 1.807) is 19.1 Å². The molecule has 1 unspecified atom stereocenters. The number of aryl methyl sites for hydroxylation is 1. The maximum atomic E-state index is 12.6. The largest absolute Gasteiger partial charge is 0.422 e. The van der Waals surface area contributed by atoms with E-state index < -0.39 is 23.9 Å². The van der Waals surface area contributed by atoms with Crippen LogP contribution in [-0.4, -0.2) is 49.3 Å². The number of hydrogen-bond donors (Lipinski definition) is 2. The van der Waals surface area contributed by atoms with Crippen LogP contribution in [0.15, 0.2) is 41.1 Å². The van der Waals surface area contributed by atoms with Gasteiger partial charge in [-0.2, -0.15) is 13.2 Å². The number of urea groups is 1. The lowest BCUT2D eigenvalue weighted by Gasteiger charge is -2.26. The predicted octanol–water partition coefficient (Wildman–Crippen LogP) is 4.24. The number of anilines is 1. The average molecular weight is 495 g/mol. The lowest BCUT2D eigenvalue weighted by Crippen LogP contribution is -2.38. The van der Waals surface area contributed by atoms with Crippen LogP contribution < -0.4 is 5.32 Å². The van der Waals surface area contributed by atoms with Crippen LogP contribution in [0.5, 0.6) is 0 Å². The quantitative estimate of drug-likeness (QED) is 0.557. The second-order valence-electron chi connectivity index (χ2n) is 7.45. The third-order valence-corrected chi connectivity index (χ3v) is 5.37. The standard InChI is InChI=1S/C21H18ClF3N6O3/c1-11-29-30-19(34-11)18(32)13-8-15(22)17(27-9-13)12-4-6-31(7-5-12)20(33)28-16-3-2-14(10-26-16)21(23,24)25/h2-4,8-10,18,32H,5-7H2,1H3,(H,26,28,33). The third-order valence-electron chi connectivity index (χ3n) is 5.08. The number of carbonyl (C=O) groups excluding carboxylic acids is 1. The van der Waals surface area contributed by atoms with E-state index in [1.807, 2.05) is 0 Å². The number of nitrogens with one attached hydrogen (secondary N) is 1. The Balaban J connectivity index is 1.40. The van der Waals surface area contributed by atoms with Gasteiger partial charge in [-0.15, -0.1) is 10.2 Å². The van der Waals surface area contributed by atoms with E-state index in [0.717, 1.165) is 17.7 Å². The molecule has 0 fully saturated rings. The smallest absolute Gasteiger partial charge is 0.417 e. The zero-order valence-electron chi connectivity index (χ0n) is 17.7. The lowest BCUT2D eigenvalue weighted by molar-refractivity contribution is -0.137. The molecule has 2 amide bonds. The highest BCUT2D eigenvalue weighted by Crippen LogP contribution is 2.31. The molecular formula is C21H18ClF3N6O3. The number of amides is 2. The fraction of sp³-hybridized carbons (Fsp3) is 0.286. The average Bonchev–Trinajstić information content (AvgIpc) is 3.24. The Kier molecular flexibility index (Phi) is 6.53. The zero-order chi connectivity index (χ0) is 24.5. The third kappa shape index (κ3) is 5.18. The summed E-state index contributed by atoms with van der Waals surface area (Å²) in [6.45, 7) is 2.18. The summed E-state index contributed by atoms with van der Waals surface area (Å²) in [5, 5.41) is 20.6. The highest BCUT2D eigenvalue weighted by Gasteiger charge is 2.31. The Bertz CT molecular complexity index is 1230. The minimum Gasteiger partial charge on any atom is -0.422 e. The Morgan fingerprint density at radius 1 is 1.26 bits per heavy atom. The molecule has 1 aliphatic rings. The molecule has 13 heteroatoms. The Hall–Kier alpha value is -3.51. The summed E-state index contributed by atoms with van der Waals surface area (Å²) in [5.74, 6) is 0.368. The molecule has 4 rings (SSSR count). The van der Waals surface area contributed by atoms with Gasteiger partial charge >= 0.3 is 12.2 Å². The second-order valence-corrected chi connectivity index (χ2v) is 7.85. The number of pyridine rings is 2. The van der Waals surface area contributed by atoms with Crippen molar-refractivity contribution >= 4 is 29.0 Å². The maximum Gasteiger partial charge on any atom is 0.417 e. The molecule has 4 heterocycles.